The predicted molar refractivity (Wildman–Crippen MR) is 100.0 cm³/mol. The average Bonchev–Trinajstić information content (AvgIpc) is 2.61. The molecule has 0 amide bonds. The molecule has 0 radical (unpaired) electrons. The van der Waals surface area contributed by atoms with Gasteiger partial charge < -0.3 is 19.5 Å². The van der Waals surface area contributed by atoms with Crippen LogP contribution in [0.5, 0.6) is 0 Å². The van der Waals surface area contributed by atoms with Crippen molar-refractivity contribution >= 4 is 0 Å². The van der Waals surface area contributed by atoms with E-state index in [1.165, 1.54) is 25.7 Å². The monoisotopic (exact) mass is 323 g/mol. The van der Waals surface area contributed by atoms with E-state index in [0.29, 0.717) is 13.2 Å². The fourth-order valence-electron chi connectivity index (χ4n) is 1.36. The Bertz CT molecular complexity index is 111. The van der Waals surface area contributed by atoms with Gasteiger partial charge in [0.1, 0.15) is 0 Å². The van der Waals surface area contributed by atoms with Crippen molar-refractivity contribution in [3.63, 3.8) is 0 Å². The molecular weight excluding hydrogens is 278 g/mol. The van der Waals surface area contributed by atoms with Gasteiger partial charge in [-0.2, -0.15) is 0 Å². The molecule has 4 nitrogen and oxygen atoms in total. The van der Waals surface area contributed by atoms with E-state index in [1.807, 2.05) is 41.5 Å². The highest BCUT2D eigenvalue weighted by atomic mass is 16.5. The van der Waals surface area contributed by atoms with Gasteiger partial charge in [-0.15, -0.1) is 0 Å². The Kier molecular flexibility index (Phi) is 58.0. The van der Waals surface area contributed by atoms with E-state index in [2.05, 4.69) is 5.32 Å². The number of rotatable bonds is 13. The van der Waals surface area contributed by atoms with Crippen LogP contribution >= 0.6 is 0 Å². The number of hydrogen-bond donors (Lipinski definition) is 1. The van der Waals surface area contributed by atoms with Gasteiger partial charge in [-0.1, -0.05) is 54.4 Å². The molecule has 0 atom stereocenters. The van der Waals surface area contributed by atoms with Gasteiger partial charge in [-0.05, 0) is 19.4 Å². The van der Waals surface area contributed by atoms with Crippen molar-refractivity contribution in [3.05, 3.63) is 0 Å². The lowest BCUT2D eigenvalue weighted by atomic mass is 10.2. The van der Waals surface area contributed by atoms with Crippen molar-refractivity contribution < 1.29 is 14.2 Å². The van der Waals surface area contributed by atoms with Crippen LogP contribution in [0.3, 0.4) is 0 Å². The van der Waals surface area contributed by atoms with E-state index in [9.17, 15) is 0 Å². The molecule has 0 aliphatic rings. The second-order valence-electron chi connectivity index (χ2n) is 3.76. The summed E-state index contributed by atoms with van der Waals surface area (Å²) in [4.78, 5) is 0. The summed E-state index contributed by atoms with van der Waals surface area (Å²) in [5.74, 6) is 0. The van der Waals surface area contributed by atoms with Crippen LogP contribution < -0.4 is 5.32 Å². The van der Waals surface area contributed by atoms with Crippen LogP contribution in [0, 0.1) is 0 Å². The number of methoxy groups -OCH3 is 2. The Morgan fingerprint density at radius 1 is 0.545 bits per heavy atom. The lowest BCUT2D eigenvalue weighted by Crippen LogP contribution is -2.21. The van der Waals surface area contributed by atoms with E-state index in [-0.39, 0.29) is 0 Å². The summed E-state index contributed by atoms with van der Waals surface area (Å²) in [5.41, 5.74) is 0. The molecule has 0 unspecified atom stereocenters. The molecule has 140 valence electrons. The quantitative estimate of drug-likeness (QED) is 0.506. The number of ether oxygens (including phenoxy) is 3. The fourth-order valence-corrected chi connectivity index (χ4v) is 1.36. The summed E-state index contributed by atoms with van der Waals surface area (Å²) in [6.45, 7) is 17.0. The number of nitrogens with one attached hydrogen (secondary N) is 1. The summed E-state index contributed by atoms with van der Waals surface area (Å²) in [5, 5.41) is 3.36. The Labute approximate surface area is 141 Å². The van der Waals surface area contributed by atoms with Gasteiger partial charge in [-0.25, -0.2) is 0 Å². The van der Waals surface area contributed by atoms with E-state index in [1.54, 1.807) is 14.2 Å². The highest BCUT2D eigenvalue weighted by molar-refractivity contribution is 4.48. The lowest BCUT2D eigenvalue weighted by molar-refractivity contribution is 0.0720. The summed E-state index contributed by atoms with van der Waals surface area (Å²) < 4.78 is 15.2. The number of hydrogen-bond acceptors (Lipinski definition) is 4. The third-order valence-corrected chi connectivity index (χ3v) is 2.31. The first-order valence-corrected chi connectivity index (χ1v) is 9.18. The Morgan fingerprint density at radius 2 is 1.09 bits per heavy atom. The van der Waals surface area contributed by atoms with Gasteiger partial charge in [0.05, 0.1) is 19.8 Å². The molecule has 1 N–H and O–H groups in total. The molecule has 0 aromatic carbocycles. The second kappa shape index (κ2) is 42.8. The third-order valence-electron chi connectivity index (χ3n) is 2.31. The molecule has 22 heavy (non-hydrogen) atoms. The number of unbranched alkanes of at least 4 members (excludes halogenated alkanes) is 3. The van der Waals surface area contributed by atoms with Crippen LogP contribution in [0.15, 0.2) is 0 Å². The van der Waals surface area contributed by atoms with Crippen molar-refractivity contribution in [2.75, 3.05) is 53.7 Å². The van der Waals surface area contributed by atoms with Crippen molar-refractivity contribution in [3.8, 4) is 0 Å². The summed E-state index contributed by atoms with van der Waals surface area (Å²) >= 11 is 0. The molecule has 0 aliphatic heterocycles. The molecular formula is C18H45NO3. The molecule has 0 fully saturated rings. The molecule has 0 aliphatic carbocycles. The molecule has 0 saturated heterocycles. The third kappa shape index (κ3) is 42.7. The van der Waals surface area contributed by atoms with Gasteiger partial charge in [0.15, 0.2) is 0 Å². The zero-order valence-corrected chi connectivity index (χ0v) is 16.8. The van der Waals surface area contributed by atoms with Crippen LogP contribution in [0.1, 0.15) is 67.2 Å². The molecule has 0 bridgehead atoms. The highest BCUT2D eigenvalue weighted by Gasteiger charge is 1.91. The van der Waals surface area contributed by atoms with E-state index in [4.69, 9.17) is 14.2 Å². The topological polar surface area (TPSA) is 39.7 Å². The Morgan fingerprint density at radius 3 is 1.64 bits per heavy atom. The van der Waals surface area contributed by atoms with E-state index >= 15 is 0 Å². The SMILES string of the molecule is CC.CC.CC.COCCCCCCNCCOCCOC. The van der Waals surface area contributed by atoms with Gasteiger partial charge in [0, 0.05) is 27.4 Å². The minimum absolute atomic E-state index is 0.680. The lowest BCUT2D eigenvalue weighted by Gasteiger charge is -2.05. The van der Waals surface area contributed by atoms with E-state index in [0.717, 1.165) is 26.3 Å². The molecule has 0 spiro atoms. The second-order valence-corrected chi connectivity index (χ2v) is 3.76. The maximum atomic E-state index is 5.33. The largest absolute Gasteiger partial charge is 0.385 e. The molecule has 0 aromatic heterocycles. The maximum Gasteiger partial charge on any atom is 0.0700 e. The molecule has 0 saturated carbocycles. The van der Waals surface area contributed by atoms with Crippen molar-refractivity contribution in [2.45, 2.75) is 67.2 Å². The zero-order chi connectivity index (χ0) is 17.9. The summed E-state index contributed by atoms with van der Waals surface area (Å²) in [6.07, 6.45) is 4.96. The van der Waals surface area contributed by atoms with Gasteiger partial charge >= 0.3 is 0 Å². The summed E-state index contributed by atoms with van der Waals surface area (Å²) in [7, 11) is 3.44. The van der Waals surface area contributed by atoms with Crippen molar-refractivity contribution in [1.82, 2.24) is 5.32 Å². The van der Waals surface area contributed by atoms with Gasteiger partial charge in [-0.3, -0.25) is 0 Å². The molecule has 0 aromatic rings. The Balaban J connectivity index is -0.000000238. The van der Waals surface area contributed by atoms with Crippen LogP contribution in [0.25, 0.3) is 0 Å². The Hall–Kier alpha value is -0.160. The summed E-state index contributed by atoms with van der Waals surface area (Å²) in [6, 6.07) is 0. The van der Waals surface area contributed by atoms with Crippen molar-refractivity contribution in [2.24, 2.45) is 0 Å². The van der Waals surface area contributed by atoms with Gasteiger partial charge in [0.25, 0.3) is 0 Å². The van der Waals surface area contributed by atoms with Gasteiger partial charge in [0.2, 0.25) is 0 Å². The molecule has 0 heterocycles. The van der Waals surface area contributed by atoms with E-state index < -0.39 is 0 Å². The van der Waals surface area contributed by atoms with Crippen LogP contribution in [0.2, 0.25) is 0 Å². The predicted octanol–water partition coefficient (Wildman–Crippen LogP) is 4.52. The first-order chi connectivity index (χ1) is 10.9. The zero-order valence-electron chi connectivity index (χ0n) is 16.8. The standard InChI is InChI=1S/C12H27NO3.3C2H6/c1-14-9-6-4-3-5-7-13-8-10-16-12-11-15-2;3*1-2/h13H,3-12H2,1-2H3;3*1-2H3. The minimum atomic E-state index is 0.680. The average molecular weight is 324 g/mol. The first kappa shape index (κ1) is 29.8. The first-order valence-electron chi connectivity index (χ1n) is 9.18. The molecule has 4 heteroatoms. The van der Waals surface area contributed by atoms with Crippen LogP contribution in [-0.2, 0) is 14.2 Å². The normalized spacial score (nSPS) is 8.73. The van der Waals surface area contributed by atoms with Crippen molar-refractivity contribution in [1.29, 1.82) is 0 Å². The van der Waals surface area contributed by atoms with Crippen LogP contribution in [-0.4, -0.2) is 53.7 Å². The smallest absolute Gasteiger partial charge is 0.0700 e. The minimum Gasteiger partial charge on any atom is -0.385 e. The maximum absolute atomic E-state index is 5.33. The molecule has 0 rings (SSSR count). The fraction of sp³-hybridized carbons (Fsp3) is 1.00. The van der Waals surface area contributed by atoms with Crippen LogP contribution in [0.4, 0.5) is 0 Å². The highest BCUT2D eigenvalue weighted by Crippen LogP contribution is 1.98.